The largest absolute Gasteiger partial charge is 0.493 e. The van der Waals surface area contributed by atoms with Gasteiger partial charge >= 0.3 is 18.1 Å². The first-order valence-corrected chi connectivity index (χ1v) is 9.49. The first kappa shape index (κ1) is 25.5. The summed E-state index contributed by atoms with van der Waals surface area (Å²) in [5.41, 5.74) is 0. The number of carbonyl (C=O) groups excluding carboxylic acids is 2. The number of halogens is 3. The fourth-order valence-electron chi connectivity index (χ4n) is 2.00. The van der Waals surface area contributed by atoms with Gasteiger partial charge in [-0.1, -0.05) is 13.8 Å². The van der Waals surface area contributed by atoms with Crippen molar-refractivity contribution in [2.45, 2.75) is 46.1 Å². The molecule has 1 amide bonds. The standard InChI is InChI=1S/C20H28F3NO6/c1-13(2)10-28-15-5-7-16(8-6-15)29-12-18(25)30-17(11-27-14(3)4)9-24-19(26)20(21,22)23/h5-8,13-14,17H,9-12H2,1-4H3,(H,24,26). The van der Waals surface area contributed by atoms with Crippen molar-refractivity contribution in [3.05, 3.63) is 24.3 Å². The van der Waals surface area contributed by atoms with Crippen molar-refractivity contribution in [2.24, 2.45) is 5.92 Å². The van der Waals surface area contributed by atoms with Gasteiger partial charge in [-0.2, -0.15) is 13.2 Å². The zero-order chi connectivity index (χ0) is 22.7. The summed E-state index contributed by atoms with van der Waals surface area (Å²) in [5.74, 6) is -1.50. The zero-order valence-corrected chi connectivity index (χ0v) is 17.5. The van der Waals surface area contributed by atoms with E-state index in [2.05, 4.69) is 0 Å². The molecule has 1 rings (SSSR count). The molecule has 1 aromatic rings. The number of carbonyl (C=O) groups is 2. The molecule has 0 saturated carbocycles. The first-order valence-electron chi connectivity index (χ1n) is 9.49. The Bertz CT molecular complexity index is 662. The normalized spacial score (nSPS) is 12.6. The van der Waals surface area contributed by atoms with E-state index in [1.807, 2.05) is 13.8 Å². The van der Waals surface area contributed by atoms with Crippen LogP contribution in [0.3, 0.4) is 0 Å². The molecule has 10 heteroatoms. The van der Waals surface area contributed by atoms with Crippen molar-refractivity contribution in [1.29, 1.82) is 0 Å². The molecule has 0 heterocycles. The summed E-state index contributed by atoms with van der Waals surface area (Å²) in [5, 5.41) is 1.68. The van der Waals surface area contributed by atoms with Gasteiger partial charge in [0.15, 0.2) is 6.61 Å². The van der Waals surface area contributed by atoms with Crippen molar-refractivity contribution in [1.82, 2.24) is 5.32 Å². The predicted molar refractivity (Wildman–Crippen MR) is 102 cm³/mol. The Labute approximate surface area is 173 Å². The highest BCUT2D eigenvalue weighted by Crippen LogP contribution is 2.18. The molecule has 1 N–H and O–H groups in total. The van der Waals surface area contributed by atoms with Gasteiger partial charge in [-0.25, -0.2) is 4.79 Å². The molecule has 1 atom stereocenters. The van der Waals surface area contributed by atoms with Gasteiger partial charge in [0.25, 0.3) is 0 Å². The number of alkyl halides is 3. The quantitative estimate of drug-likeness (QED) is 0.508. The van der Waals surface area contributed by atoms with Gasteiger partial charge in [-0.05, 0) is 44.0 Å². The summed E-state index contributed by atoms with van der Waals surface area (Å²) in [6.45, 7) is 6.86. The maximum Gasteiger partial charge on any atom is 0.471 e. The molecule has 0 saturated heterocycles. The second-order valence-corrected chi connectivity index (χ2v) is 7.17. The van der Waals surface area contributed by atoms with Crippen LogP contribution in [0.4, 0.5) is 13.2 Å². The van der Waals surface area contributed by atoms with E-state index in [4.69, 9.17) is 18.9 Å². The maximum absolute atomic E-state index is 12.3. The molecule has 30 heavy (non-hydrogen) atoms. The van der Waals surface area contributed by atoms with E-state index in [0.717, 1.165) is 0 Å². The highest BCUT2D eigenvalue weighted by atomic mass is 19.4. The predicted octanol–water partition coefficient (Wildman–Crippen LogP) is 3.12. The van der Waals surface area contributed by atoms with Gasteiger partial charge in [0.05, 0.1) is 25.9 Å². The van der Waals surface area contributed by atoms with E-state index in [9.17, 15) is 22.8 Å². The van der Waals surface area contributed by atoms with Gasteiger partial charge < -0.3 is 24.3 Å². The monoisotopic (exact) mass is 435 g/mol. The number of hydrogen-bond acceptors (Lipinski definition) is 6. The minimum absolute atomic E-state index is 0.177. The molecule has 0 radical (unpaired) electrons. The molecular weight excluding hydrogens is 407 g/mol. The van der Waals surface area contributed by atoms with E-state index in [1.165, 1.54) is 0 Å². The minimum atomic E-state index is -5.03. The Morgan fingerprint density at radius 2 is 1.53 bits per heavy atom. The summed E-state index contributed by atoms with van der Waals surface area (Å²) < 4.78 is 58.2. The van der Waals surface area contributed by atoms with Crippen molar-refractivity contribution >= 4 is 11.9 Å². The molecule has 0 aromatic heterocycles. The number of rotatable bonds is 12. The van der Waals surface area contributed by atoms with Crippen molar-refractivity contribution < 1.29 is 41.7 Å². The van der Waals surface area contributed by atoms with Gasteiger partial charge in [-0.3, -0.25) is 4.79 Å². The Morgan fingerprint density at radius 3 is 2.03 bits per heavy atom. The fraction of sp³-hybridized carbons (Fsp3) is 0.600. The smallest absolute Gasteiger partial charge is 0.471 e. The molecule has 7 nitrogen and oxygen atoms in total. The second-order valence-electron chi connectivity index (χ2n) is 7.17. The van der Waals surface area contributed by atoms with Crippen LogP contribution in [0.5, 0.6) is 11.5 Å². The van der Waals surface area contributed by atoms with Crippen molar-refractivity contribution in [3.8, 4) is 11.5 Å². The third-order valence-corrected chi connectivity index (χ3v) is 3.43. The third-order valence-electron chi connectivity index (χ3n) is 3.43. The molecule has 1 unspecified atom stereocenters. The molecule has 0 fully saturated rings. The Morgan fingerprint density at radius 1 is 0.967 bits per heavy atom. The zero-order valence-electron chi connectivity index (χ0n) is 17.5. The molecule has 0 bridgehead atoms. The van der Waals surface area contributed by atoms with Gasteiger partial charge in [0, 0.05) is 0 Å². The average Bonchev–Trinajstić information content (AvgIpc) is 2.66. The number of hydrogen-bond donors (Lipinski definition) is 1. The first-order chi connectivity index (χ1) is 14.0. The van der Waals surface area contributed by atoms with Crippen LogP contribution in [0.1, 0.15) is 27.7 Å². The molecule has 0 aliphatic carbocycles. The lowest BCUT2D eigenvalue weighted by atomic mass is 10.2. The lowest BCUT2D eigenvalue weighted by Gasteiger charge is -2.20. The summed E-state index contributed by atoms with van der Waals surface area (Å²) in [6, 6.07) is 6.61. The number of amides is 1. The highest BCUT2D eigenvalue weighted by molar-refractivity contribution is 5.81. The van der Waals surface area contributed by atoms with E-state index in [1.54, 1.807) is 43.4 Å². The van der Waals surface area contributed by atoms with E-state index in [0.29, 0.717) is 24.0 Å². The van der Waals surface area contributed by atoms with Gasteiger partial charge in [0.2, 0.25) is 0 Å². The van der Waals surface area contributed by atoms with E-state index in [-0.39, 0.29) is 12.7 Å². The van der Waals surface area contributed by atoms with Gasteiger partial charge in [0.1, 0.15) is 17.6 Å². The fourth-order valence-corrected chi connectivity index (χ4v) is 2.00. The van der Waals surface area contributed by atoms with E-state index < -0.39 is 37.3 Å². The number of benzene rings is 1. The average molecular weight is 435 g/mol. The second kappa shape index (κ2) is 12.3. The molecule has 1 aromatic carbocycles. The van der Waals surface area contributed by atoms with Crippen LogP contribution < -0.4 is 14.8 Å². The molecule has 170 valence electrons. The van der Waals surface area contributed by atoms with Crippen LogP contribution in [0.25, 0.3) is 0 Å². The topological polar surface area (TPSA) is 83.1 Å². The van der Waals surface area contributed by atoms with Crippen molar-refractivity contribution in [2.75, 3.05) is 26.4 Å². The van der Waals surface area contributed by atoms with Crippen molar-refractivity contribution in [3.63, 3.8) is 0 Å². The lowest BCUT2D eigenvalue weighted by Crippen LogP contribution is -2.44. The number of esters is 1. The van der Waals surface area contributed by atoms with Crippen LogP contribution in [-0.2, 0) is 19.1 Å². The molecule has 0 aliphatic heterocycles. The van der Waals surface area contributed by atoms with Crippen LogP contribution in [0, 0.1) is 5.92 Å². The lowest BCUT2D eigenvalue weighted by molar-refractivity contribution is -0.175. The molecular formula is C20H28F3NO6. The van der Waals surface area contributed by atoms with Gasteiger partial charge in [-0.15, -0.1) is 0 Å². The SMILES string of the molecule is CC(C)COc1ccc(OCC(=O)OC(CNC(=O)C(F)(F)F)COC(C)C)cc1. The van der Waals surface area contributed by atoms with E-state index >= 15 is 0 Å². The maximum atomic E-state index is 12.3. The third kappa shape index (κ3) is 10.9. The van der Waals surface area contributed by atoms with Crippen LogP contribution in [0.15, 0.2) is 24.3 Å². The van der Waals surface area contributed by atoms with Crippen LogP contribution in [-0.4, -0.2) is 56.6 Å². The summed E-state index contributed by atoms with van der Waals surface area (Å²) in [7, 11) is 0. The number of ether oxygens (including phenoxy) is 4. The van der Waals surface area contributed by atoms with Crippen LogP contribution in [0.2, 0.25) is 0 Å². The molecule has 0 aliphatic rings. The Balaban J connectivity index is 2.52. The molecule has 0 spiro atoms. The Hall–Kier alpha value is -2.49. The highest BCUT2D eigenvalue weighted by Gasteiger charge is 2.38. The summed E-state index contributed by atoms with van der Waals surface area (Å²) in [6.07, 6.45) is -6.36. The van der Waals surface area contributed by atoms with Crippen LogP contribution >= 0.6 is 0 Å². The minimum Gasteiger partial charge on any atom is -0.493 e. The summed E-state index contributed by atoms with van der Waals surface area (Å²) >= 11 is 0. The Kier molecular flexibility index (Phi) is 10.4. The number of nitrogens with one attached hydrogen (secondary N) is 1. The summed E-state index contributed by atoms with van der Waals surface area (Å²) in [4.78, 5) is 23.0.